The average molecular weight is 278 g/mol. The summed E-state index contributed by atoms with van der Waals surface area (Å²) in [5.74, 6) is 0. The normalized spacial score (nSPS) is 11.2. The lowest BCUT2D eigenvalue weighted by molar-refractivity contribution is 0.0550. The lowest BCUT2D eigenvalue weighted by atomic mass is 10.1. The number of likely N-dealkylation sites (N-methyl/N-ethyl adjacent to an activating group) is 1. The van der Waals surface area contributed by atoms with E-state index in [-0.39, 0.29) is 12.6 Å². The summed E-state index contributed by atoms with van der Waals surface area (Å²) < 4.78 is 0. The first kappa shape index (κ1) is 16.5. The van der Waals surface area contributed by atoms with E-state index >= 15 is 0 Å². The summed E-state index contributed by atoms with van der Waals surface area (Å²) in [6, 6.07) is 7.71. The standard InChI is InChI=1S/C16H26N2O2/c1-5-6-7-13-8-10-14(11-9-13)17-15(19)18(4)12-16(2,3)20/h8-11,20H,5-7,12H2,1-4H3,(H,17,19). The van der Waals surface area contributed by atoms with Crippen LogP contribution in [0.4, 0.5) is 10.5 Å². The first-order valence-corrected chi connectivity index (χ1v) is 7.15. The van der Waals surface area contributed by atoms with Crippen LogP contribution in [0, 0.1) is 0 Å². The number of rotatable bonds is 6. The Kier molecular flexibility index (Phi) is 6.02. The van der Waals surface area contributed by atoms with Gasteiger partial charge in [-0.3, -0.25) is 0 Å². The van der Waals surface area contributed by atoms with E-state index in [0.29, 0.717) is 0 Å². The van der Waals surface area contributed by atoms with Gasteiger partial charge in [-0.05, 0) is 44.4 Å². The summed E-state index contributed by atoms with van der Waals surface area (Å²) in [5.41, 5.74) is 1.17. The van der Waals surface area contributed by atoms with Gasteiger partial charge in [-0.15, -0.1) is 0 Å². The molecule has 4 nitrogen and oxygen atoms in total. The fourth-order valence-electron chi connectivity index (χ4n) is 2.01. The maximum Gasteiger partial charge on any atom is 0.321 e. The number of unbranched alkanes of at least 4 members (excludes halogenated alkanes) is 1. The minimum atomic E-state index is -0.893. The molecule has 0 fully saturated rings. The number of aliphatic hydroxyl groups is 1. The highest BCUT2D eigenvalue weighted by molar-refractivity contribution is 5.89. The van der Waals surface area contributed by atoms with Crippen molar-refractivity contribution in [3.63, 3.8) is 0 Å². The number of aryl methyl sites for hydroxylation is 1. The van der Waals surface area contributed by atoms with Crippen LogP contribution in [0.1, 0.15) is 39.2 Å². The molecule has 0 unspecified atom stereocenters. The second kappa shape index (κ2) is 7.29. The molecule has 1 rings (SSSR count). The molecule has 0 aliphatic rings. The third-order valence-corrected chi connectivity index (χ3v) is 3.00. The molecule has 1 aromatic rings. The van der Waals surface area contributed by atoms with Crippen molar-refractivity contribution < 1.29 is 9.90 Å². The number of nitrogens with zero attached hydrogens (tertiary/aromatic N) is 1. The van der Waals surface area contributed by atoms with Gasteiger partial charge < -0.3 is 15.3 Å². The number of anilines is 1. The Morgan fingerprint density at radius 3 is 2.40 bits per heavy atom. The van der Waals surface area contributed by atoms with E-state index in [9.17, 15) is 9.90 Å². The van der Waals surface area contributed by atoms with Crippen molar-refractivity contribution in [1.82, 2.24) is 4.90 Å². The number of amides is 2. The van der Waals surface area contributed by atoms with Gasteiger partial charge in [0.15, 0.2) is 0 Å². The summed E-state index contributed by atoms with van der Waals surface area (Å²) in [7, 11) is 1.67. The van der Waals surface area contributed by atoms with Crippen molar-refractivity contribution in [1.29, 1.82) is 0 Å². The number of hydrogen-bond donors (Lipinski definition) is 2. The monoisotopic (exact) mass is 278 g/mol. The Balaban J connectivity index is 2.53. The quantitative estimate of drug-likeness (QED) is 0.839. The van der Waals surface area contributed by atoms with Crippen molar-refractivity contribution in [2.45, 2.75) is 45.6 Å². The summed E-state index contributed by atoms with van der Waals surface area (Å²) in [4.78, 5) is 13.4. The third kappa shape index (κ3) is 6.06. The van der Waals surface area contributed by atoms with Crippen LogP contribution in [-0.2, 0) is 6.42 Å². The van der Waals surface area contributed by atoms with E-state index in [1.165, 1.54) is 23.3 Å². The Labute approximate surface area is 121 Å². The number of carbonyl (C=O) groups excluding carboxylic acids is 1. The topological polar surface area (TPSA) is 52.6 Å². The second-order valence-electron chi connectivity index (χ2n) is 5.90. The largest absolute Gasteiger partial charge is 0.389 e. The molecule has 0 saturated carbocycles. The minimum absolute atomic E-state index is 0.214. The summed E-state index contributed by atoms with van der Waals surface area (Å²) in [6.07, 6.45) is 3.43. The first-order valence-electron chi connectivity index (χ1n) is 7.15. The van der Waals surface area contributed by atoms with E-state index in [1.54, 1.807) is 20.9 Å². The molecule has 0 saturated heterocycles. The van der Waals surface area contributed by atoms with Crippen molar-refractivity contribution in [3.05, 3.63) is 29.8 Å². The van der Waals surface area contributed by atoms with Crippen molar-refractivity contribution in [2.75, 3.05) is 18.9 Å². The minimum Gasteiger partial charge on any atom is -0.389 e. The van der Waals surface area contributed by atoms with Gasteiger partial charge in [0, 0.05) is 12.7 Å². The van der Waals surface area contributed by atoms with Crippen molar-refractivity contribution in [3.8, 4) is 0 Å². The molecule has 0 atom stereocenters. The molecule has 20 heavy (non-hydrogen) atoms. The molecule has 0 bridgehead atoms. The molecule has 2 N–H and O–H groups in total. The molecule has 0 aliphatic heterocycles. The highest BCUT2D eigenvalue weighted by Crippen LogP contribution is 2.13. The summed E-state index contributed by atoms with van der Waals surface area (Å²) >= 11 is 0. The maximum atomic E-state index is 12.0. The van der Waals surface area contributed by atoms with Gasteiger partial charge in [-0.1, -0.05) is 25.5 Å². The van der Waals surface area contributed by atoms with Crippen LogP contribution >= 0.6 is 0 Å². The van der Waals surface area contributed by atoms with Crippen LogP contribution in [0.15, 0.2) is 24.3 Å². The van der Waals surface area contributed by atoms with Crippen LogP contribution in [0.5, 0.6) is 0 Å². The molecular weight excluding hydrogens is 252 g/mol. The number of urea groups is 1. The highest BCUT2D eigenvalue weighted by atomic mass is 16.3. The molecule has 0 radical (unpaired) electrons. The van der Waals surface area contributed by atoms with Crippen molar-refractivity contribution >= 4 is 11.7 Å². The molecule has 4 heteroatoms. The molecular formula is C16H26N2O2. The molecule has 0 spiro atoms. The van der Waals surface area contributed by atoms with Crippen LogP contribution < -0.4 is 5.32 Å². The smallest absolute Gasteiger partial charge is 0.321 e. The van der Waals surface area contributed by atoms with Gasteiger partial charge >= 0.3 is 6.03 Å². The highest BCUT2D eigenvalue weighted by Gasteiger charge is 2.19. The van der Waals surface area contributed by atoms with Crippen molar-refractivity contribution in [2.24, 2.45) is 0 Å². The average Bonchev–Trinajstić information content (AvgIpc) is 2.36. The first-order chi connectivity index (χ1) is 9.31. The fourth-order valence-corrected chi connectivity index (χ4v) is 2.01. The van der Waals surface area contributed by atoms with Gasteiger partial charge in [-0.25, -0.2) is 4.79 Å². The van der Waals surface area contributed by atoms with Gasteiger partial charge in [-0.2, -0.15) is 0 Å². The molecule has 1 aromatic carbocycles. The predicted octanol–water partition coefficient (Wildman–Crippen LogP) is 3.26. The lowest BCUT2D eigenvalue weighted by Gasteiger charge is -2.25. The SMILES string of the molecule is CCCCc1ccc(NC(=O)N(C)CC(C)(C)O)cc1. The second-order valence-corrected chi connectivity index (χ2v) is 5.90. The van der Waals surface area contributed by atoms with Gasteiger partial charge in [0.25, 0.3) is 0 Å². The zero-order valence-corrected chi connectivity index (χ0v) is 12.9. The number of carbonyl (C=O) groups is 1. The Morgan fingerprint density at radius 1 is 1.30 bits per heavy atom. The lowest BCUT2D eigenvalue weighted by Crippen LogP contribution is -2.41. The van der Waals surface area contributed by atoms with E-state index in [4.69, 9.17) is 0 Å². The number of hydrogen-bond acceptors (Lipinski definition) is 2. The summed E-state index contributed by atoms with van der Waals surface area (Å²) in [6.45, 7) is 5.82. The van der Waals surface area contributed by atoms with E-state index in [2.05, 4.69) is 12.2 Å². The van der Waals surface area contributed by atoms with Gasteiger partial charge in [0.1, 0.15) is 0 Å². The van der Waals surface area contributed by atoms with Gasteiger partial charge in [0.05, 0.1) is 12.1 Å². The van der Waals surface area contributed by atoms with Crippen LogP contribution in [-0.4, -0.2) is 35.2 Å². The summed E-state index contributed by atoms with van der Waals surface area (Å²) in [5, 5.41) is 12.5. The number of nitrogens with one attached hydrogen (secondary N) is 1. The van der Waals surface area contributed by atoms with E-state index in [0.717, 1.165) is 12.1 Å². The zero-order chi connectivity index (χ0) is 15.2. The third-order valence-electron chi connectivity index (χ3n) is 3.00. The molecule has 0 aromatic heterocycles. The van der Waals surface area contributed by atoms with Gasteiger partial charge in [0.2, 0.25) is 0 Å². The van der Waals surface area contributed by atoms with Crippen LogP contribution in [0.3, 0.4) is 0 Å². The Hall–Kier alpha value is -1.55. The molecule has 112 valence electrons. The molecule has 2 amide bonds. The predicted molar refractivity (Wildman–Crippen MR) is 83.0 cm³/mol. The Bertz CT molecular complexity index is 421. The fraction of sp³-hybridized carbons (Fsp3) is 0.562. The maximum absolute atomic E-state index is 12.0. The molecule has 0 aliphatic carbocycles. The molecule has 0 heterocycles. The van der Waals surface area contributed by atoms with Crippen LogP contribution in [0.25, 0.3) is 0 Å². The Morgan fingerprint density at radius 2 is 1.90 bits per heavy atom. The van der Waals surface area contributed by atoms with E-state index in [1.807, 2.05) is 24.3 Å². The van der Waals surface area contributed by atoms with Crippen LogP contribution in [0.2, 0.25) is 0 Å². The zero-order valence-electron chi connectivity index (χ0n) is 12.9. The number of benzene rings is 1. The van der Waals surface area contributed by atoms with E-state index < -0.39 is 5.60 Å².